The van der Waals surface area contributed by atoms with Crippen molar-refractivity contribution in [1.29, 1.82) is 0 Å². The van der Waals surface area contributed by atoms with Gasteiger partial charge in [0, 0.05) is 24.8 Å². The first-order valence-corrected chi connectivity index (χ1v) is 6.71. The predicted octanol–water partition coefficient (Wildman–Crippen LogP) is 0.825. The second kappa shape index (κ2) is 4.39. The van der Waals surface area contributed by atoms with E-state index in [9.17, 15) is 4.79 Å². The Bertz CT molecular complexity index is 450. The molecule has 2 aliphatic rings. The highest BCUT2D eigenvalue weighted by Gasteiger charge is 2.41. The second-order valence-corrected chi connectivity index (χ2v) is 5.63. The first-order valence-electron chi connectivity index (χ1n) is 6.71. The van der Waals surface area contributed by atoms with Crippen LogP contribution in [0.3, 0.4) is 0 Å². The van der Waals surface area contributed by atoms with E-state index >= 15 is 0 Å². The van der Waals surface area contributed by atoms with Crippen LogP contribution in [0.4, 0.5) is 0 Å². The van der Waals surface area contributed by atoms with Crippen LogP contribution in [-0.4, -0.2) is 33.8 Å². The Balaban J connectivity index is 1.60. The molecule has 2 N–H and O–H groups in total. The Morgan fingerprint density at radius 3 is 3.06 bits per heavy atom. The van der Waals surface area contributed by atoms with Crippen LogP contribution < -0.4 is 10.6 Å². The average molecular weight is 248 g/mol. The maximum atomic E-state index is 12.1. The molecule has 1 saturated carbocycles. The van der Waals surface area contributed by atoms with Crippen molar-refractivity contribution >= 4 is 5.91 Å². The fourth-order valence-electron chi connectivity index (χ4n) is 3.07. The molecule has 2 fully saturated rings. The summed E-state index contributed by atoms with van der Waals surface area (Å²) in [6.45, 7) is 1.01. The van der Waals surface area contributed by atoms with Crippen molar-refractivity contribution in [3.63, 3.8) is 0 Å². The zero-order valence-electron chi connectivity index (χ0n) is 10.8. The van der Waals surface area contributed by atoms with E-state index in [4.69, 9.17) is 0 Å². The van der Waals surface area contributed by atoms with Gasteiger partial charge < -0.3 is 10.6 Å². The molecule has 3 rings (SSSR count). The normalized spacial score (nSPS) is 25.7. The average Bonchev–Trinajstić information content (AvgIpc) is 2.74. The minimum Gasteiger partial charge on any atom is -0.349 e. The molecule has 5 nitrogen and oxygen atoms in total. The summed E-state index contributed by atoms with van der Waals surface area (Å²) in [4.78, 5) is 12.1. The molecule has 1 aromatic heterocycles. The van der Waals surface area contributed by atoms with E-state index in [0.29, 0.717) is 17.1 Å². The third-order valence-corrected chi connectivity index (χ3v) is 4.24. The van der Waals surface area contributed by atoms with Gasteiger partial charge in [0.05, 0.1) is 11.8 Å². The standard InChI is InChI=1S/C13H20N4O/c1-17-9-10(8-15-17)12(18)16-11-3-6-14-13(7-11)4-2-5-13/h8-9,11,14H,2-7H2,1H3,(H,16,18). The summed E-state index contributed by atoms with van der Waals surface area (Å²) in [6, 6.07) is 0.305. The lowest BCUT2D eigenvalue weighted by Crippen LogP contribution is -2.59. The van der Waals surface area contributed by atoms with Crippen molar-refractivity contribution in [2.45, 2.75) is 43.7 Å². The van der Waals surface area contributed by atoms with Gasteiger partial charge in [-0.1, -0.05) is 0 Å². The summed E-state index contributed by atoms with van der Waals surface area (Å²) >= 11 is 0. The van der Waals surface area contributed by atoms with Gasteiger partial charge in [0.1, 0.15) is 0 Å². The molecular formula is C13H20N4O. The lowest BCUT2D eigenvalue weighted by Gasteiger charge is -2.48. The Morgan fingerprint density at radius 1 is 1.61 bits per heavy atom. The van der Waals surface area contributed by atoms with Crippen molar-refractivity contribution in [1.82, 2.24) is 20.4 Å². The molecule has 0 radical (unpaired) electrons. The van der Waals surface area contributed by atoms with Crippen LogP contribution in [0, 0.1) is 0 Å². The molecule has 2 heterocycles. The van der Waals surface area contributed by atoms with E-state index in [1.807, 2.05) is 7.05 Å². The number of nitrogens with zero attached hydrogens (tertiary/aromatic N) is 2. The number of carbonyl (C=O) groups is 1. The van der Waals surface area contributed by atoms with Gasteiger partial charge in [-0.25, -0.2) is 0 Å². The number of rotatable bonds is 2. The Kier molecular flexibility index (Phi) is 2.86. The number of aromatic nitrogens is 2. The SMILES string of the molecule is Cn1cc(C(=O)NC2CCNC3(CCC3)C2)cn1. The predicted molar refractivity (Wildman–Crippen MR) is 68.3 cm³/mol. The second-order valence-electron chi connectivity index (χ2n) is 5.63. The number of hydrogen-bond acceptors (Lipinski definition) is 3. The largest absolute Gasteiger partial charge is 0.349 e. The van der Waals surface area contributed by atoms with Gasteiger partial charge in [-0.3, -0.25) is 9.48 Å². The van der Waals surface area contributed by atoms with Gasteiger partial charge in [0.2, 0.25) is 0 Å². The van der Waals surface area contributed by atoms with Gasteiger partial charge in [0.15, 0.2) is 0 Å². The monoisotopic (exact) mass is 248 g/mol. The minimum absolute atomic E-state index is 0.00414. The molecule has 18 heavy (non-hydrogen) atoms. The quantitative estimate of drug-likeness (QED) is 0.815. The van der Waals surface area contributed by atoms with Crippen molar-refractivity contribution in [3.8, 4) is 0 Å². The number of nitrogens with one attached hydrogen (secondary N) is 2. The molecular weight excluding hydrogens is 228 g/mol. The van der Waals surface area contributed by atoms with Crippen molar-refractivity contribution in [2.24, 2.45) is 7.05 Å². The van der Waals surface area contributed by atoms with E-state index in [0.717, 1.165) is 19.4 Å². The third kappa shape index (κ3) is 2.14. The van der Waals surface area contributed by atoms with E-state index < -0.39 is 0 Å². The highest BCUT2D eigenvalue weighted by molar-refractivity contribution is 5.93. The molecule has 1 aromatic rings. The zero-order chi connectivity index (χ0) is 12.6. The molecule has 1 aliphatic carbocycles. The Hall–Kier alpha value is -1.36. The van der Waals surface area contributed by atoms with Crippen LogP contribution in [0.25, 0.3) is 0 Å². The van der Waals surface area contributed by atoms with Crippen molar-refractivity contribution < 1.29 is 4.79 Å². The van der Waals surface area contributed by atoms with Crippen LogP contribution in [0.5, 0.6) is 0 Å². The zero-order valence-corrected chi connectivity index (χ0v) is 10.8. The summed E-state index contributed by atoms with van der Waals surface area (Å²) in [7, 11) is 1.82. The third-order valence-electron chi connectivity index (χ3n) is 4.24. The van der Waals surface area contributed by atoms with E-state index in [-0.39, 0.29) is 5.91 Å². The van der Waals surface area contributed by atoms with Gasteiger partial charge in [-0.15, -0.1) is 0 Å². The minimum atomic E-state index is 0.00414. The van der Waals surface area contributed by atoms with Crippen molar-refractivity contribution in [2.75, 3.05) is 6.54 Å². The number of amides is 1. The lowest BCUT2D eigenvalue weighted by molar-refractivity contribution is 0.0853. The van der Waals surface area contributed by atoms with Gasteiger partial charge in [-0.2, -0.15) is 5.10 Å². The molecule has 1 atom stereocenters. The maximum Gasteiger partial charge on any atom is 0.254 e. The number of aryl methyl sites for hydroxylation is 1. The lowest BCUT2D eigenvalue weighted by atomic mass is 9.70. The van der Waals surface area contributed by atoms with E-state index in [1.54, 1.807) is 17.1 Å². The number of hydrogen-bond donors (Lipinski definition) is 2. The summed E-state index contributed by atoms with van der Waals surface area (Å²) in [5, 5.41) is 10.8. The molecule has 0 aromatic carbocycles. The first-order chi connectivity index (χ1) is 8.67. The fraction of sp³-hybridized carbons (Fsp3) is 0.692. The molecule has 98 valence electrons. The summed E-state index contributed by atoms with van der Waals surface area (Å²) in [5.41, 5.74) is 0.976. The molecule has 1 unspecified atom stereocenters. The van der Waals surface area contributed by atoms with Gasteiger partial charge >= 0.3 is 0 Å². The fourth-order valence-corrected chi connectivity index (χ4v) is 3.07. The highest BCUT2D eigenvalue weighted by atomic mass is 16.1. The molecule has 1 aliphatic heterocycles. The topological polar surface area (TPSA) is 59.0 Å². The van der Waals surface area contributed by atoms with Crippen LogP contribution in [0.15, 0.2) is 12.4 Å². The van der Waals surface area contributed by atoms with Crippen LogP contribution >= 0.6 is 0 Å². The molecule has 1 saturated heterocycles. The smallest absolute Gasteiger partial charge is 0.254 e. The van der Waals surface area contributed by atoms with Gasteiger partial charge in [0.25, 0.3) is 5.91 Å². The molecule has 5 heteroatoms. The van der Waals surface area contributed by atoms with Gasteiger partial charge in [-0.05, 0) is 38.6 Å². The van der Waals surface area contributed by atoms with E-state index in [1.165, 1.54) is 19.3 Å². The highest BCUT2D eigenvalue weighted by Crippen LogP contribution is 2.38. The first kappa shape index (κ1) is 11.7. The summed E-state index contributed by atoms with van der Waals surface area (Å²) in [5.74, 6) is 0.00414. The van der Waals surface area contributed by atoms with E-state index in [2.05, 4.69) is 15.7 Å². The Labute approximate surface area is 107 Å². The Morgan fingerprint density at radius 2 is 2.44 bits per heavy atom. The number of piperidine rings is 1. The van der Waals surface area contributed by atoms with Crippen LogP contribution in [0.2, 0.25) is 0 Å². The van der Waals surface area contributed by atoms with Crippen LogP contribution in [0.1, 0.15) is 42.5 Å². The summed E-state index contributed by atoms with van der Waals surface area (Å²) < 4.78 is 1.66. The molecule has 1 spiro atoms. The van der Waals surface area contributed by atoms with Crippen LogP contribution in [-0.2, 0) is 7.05 Å². The van der Waals surface area contributed by atoms with Crippen molar-refractivity contribution in [3.05, 3.63) is 18.0 Å². The maximum absolute atomic E-state index is 12.1. The summed E-state index contributed by atoms with van der Waals surface area (Å²) in [6.07, 6.45) is 9.30. The molecule has 1 amide bonds. The molecule has 0 bridgehead atoms. The number of carbonyl (C=O) groups excluding carboxylic acids is 1.